The minimum atomic E-state index is -0.575. The molecule has 2 N–H and O–H groups in total. The average molecular weight is 845 g/mol. The maximum absolute atomic E-state index is 12.9. The quantitative estimate of drug-likeness (QED) is 0.0845. The fourth-order valence-corrected chi connectivity index (χ4v) is 7.74. The van der Waals surface area contributed by atoms with Gasteiger partial charge in [0.2, 0.25) is 0 Å². The summed E-state index contributed by atoms with van der Waals surface area (Å²) in [4.78, 5) is 44.0. The number of likely N-dealkylation sites (tertiary alicyclic amines) is 1. The molecule has 3 heterocycles. The number of nitrogens with one attached hydrogen (secondary N) is 2. The van der Waals surface area contributed by atoms with Crippen molar-refractivity contribution in [1.29, 1.82) is 0 Å². The molecule has 4 aromatic carbocycles. The maximum Gasteiger partial charge on any atom is 0.421 e. The van der Waals surface area contributed by atoms with Crippen molar-refractivity contribution in [2.45, 2.75) is 81.8 Å². The zero-order chi connectivity index (χ0) is 37.5. The summed E-state index contributed by atoms with van der Waals surface area (Å²) in [5, 5.41) is 2.30. The Labute approximate surface area is 327 Å². The SMILES string of the molecule is CCCN(SCc1nc2ccc(-c3ccc4cc(-c5ccc6nc([C@@H]7CCCN7C(=O)OC(C)(C)C)[nH]c6c5)ccc4c3)cc2[nH]1)C(=O)OC(C)(C)I. The summed E-state index contributed by atoms with van der Waals surface area (Å²) in [6.07, 6.45) is 1.97. The standard InChI is InChI=1S/C41H45IN6O4S/c1-7-18-48(39(50)52-41(5,6)42)53-24-36-43-31-16-14-29(22-33(31)44-36)27-12-10-26-21-28(13-11-25(26)20-27)30-15-17-32-34(23-30)46-37(45-32)35-9-8-19-47(35)38(49)51-40(2,3)4/h10-17,20-23,35H,7-9,18-19,24H2,1-6H3,(H,43,44)(H,45,46)/t35-/m0/s1. The molecule has 0 aliphatic carbocycles. The van der Waals surface area contributed by atoms with Crippen molar-refractivity contribution in [3.8, 4) is 22.3 Å². The Morgan fingerprint density at radius 1 is 0.849 bits per heavy atom. The summed E-state index contributed by atoms with van der Waals surface area (Å²) in [6, 6.07) is 25.5. The molecule has 1 aliphatic heterocycles. The van der Waals surface area contributed by atoms with E-state index in [2.05, 4.69) is 93.2 Å². The summed E-state index contributed by atoms with van der Waals surface area (Å²) >= 11 is 3.53. The number of halogens is 1. The maximum atomic E-state index is 12.9. The molecule has 0 radical (unpaired) electrons. The number of amides is 2. The molecule has 7 rings (SSSR count). The van der Waals surface area contributed by atoms with E-state index >= 15 is 0 Å². The lowest BCUT2D eigenvalue weighted by atomic mass is 9.97. The van der Waals surface area contributed by atoms with Gasteiger partial charge in [-0.05, 0) is 158 Å². The van der Waals surface area contributed by atoms with Crippen molar-refractivity contribution in [2.75, 3.05) is 13.1 Å². The van der Waals surface area contributed by atoms with Gasteiger partial charge in [0.15, 0.2) is 3.61 Å². The van der Waals surface area contributed by atoms with Gasteiger partial charge in [-0.15, -0.1) is 0 Å². The van der Waals surface area contributed by atoms with E-state index in [4.69, 9.17) is 19.4 Å². The molecule has 2 amide bonds. The molecule has 0 saturated carbocycles. The van der Waals surface area contributed by atoms with Crippen molar-refractivity contribution in [1.82, 2.24) is 29.1 Å². The predicted octanol–water partition coefficient (Wildman–Crippen LogP) is 11.2. The summed E-state index contributed by atoms with van der Waals surface area (Å²) in [5.41, 5.74) is 7.55. The van der Waals surface area contributed by atoms with Crippen molar-refractivity contribution < 1.29 is 19.1 Å². The summed E-state index contributed by atoms with van der Waals surface area (Å²) in [7, 11) is 0. The highest BCUT2D eigenvalue weighted by Gasteiger charge is 2.35. The van der Waals surface area contributed by atoms with Crippen LogP contribution in [0.25, 0.3) is 55.1 Å². The number of aromatic nitrogens is 4. The lowest BCUT2D eigenvalue weighted by molar-refractivity contribution is 0.0218. The Balaban J connectivity index is 1.06. The lowest BCUT2D eigenvalue weighted by Gasteiger charge is -2.27. The van der Waals surface area contributed by atoms with Crippen LogP contribution in [0.15, 0.2) is 72.8 Å². The van der Waals surface area contributed by atoms with Crippen molar-refractivity contribution in [3.63, 3.8) is 0 Å². The predicted molar refractivity (Wildman–Crippen MR) is 222 cm³/mol. The number of imidazole rings is 2. The van der Waals surface area contributed by atoms with E-state index in [1.165, 1.54) is 11.9 Å². The van der Waals surface area contributed by atoms with Gasteiger partial charge in [0.1, 0.15) is 17.2 Å². The van der Waals surface area contributed by atoms with Crippen LogP contribution < -0.4 is 0 Å². The van der Waals surface area contributed by atoms with Gasteiger partial charge in [0, 0.05) is 13.1 Å². The van der Waals surface area contributed by atoms with Crippen LogP contribution in [0.4, 0.5) is 9.59 Å². The van der Waals surface area contributed by atoms with Gasteiger partial charge in [0.05, 0.1) is 33.9 Å². The number of carbonyl (C=O) groups is 2. The molecule has 6 aromatic rings. The second-order valence-electron chi connectivity index (χ2n) is 15.0. The third-order valence-electron chi connectivity index (χ3n) is 9.05. The van der Waals surface area contributed by atoms with Crippen LogP contribution >= 0.6 is 34.5 Å². The first-order valence-electron chi connectivity index (χ1n) is 18.1. The largest absolute Gasteiger partial charge is 0.444 e. The third-order valence-corrected chi connectivity index (χ3v) is 10.3. The van der Waals surface area contributed by atoms with Crippen LogP contribution in [0, 0.1) is 0 Å². The number of alkyl halides is 1. The van der Waals surface area contributed by atoms with E-state index in [9.17, 15) is 9.59 Å². The van der Waals surface area contributed by atoms with E-state index in [-0.39, 0.29) is 18.2 Å². The fraction of sp³-hybridized carbons (Fsp3) is 0.366. The number of hydrogen-bond donors (Lipinski definition) is 2. The van der Waals surface area contributed by atoms with E-state index in [0.29, 0.717) is 18.8 Å². The van der Waals surface area contributed by atoms with E-state index < -0.39 is 9.21 Å². The van der Waals surface area contributed by atoms with Crippen LogP contribution in [-0.2, 0) is 15.2 Å². The zero-order valence-electron chi connectivity index (χ0n) is 31.0. The Morgan fingerprint density at radius 3 is 2.04 bits per heavy atom. The zero-order valence-corrected chi connectivity index (χ0v) is 33.9. The van der Waals surface area contributed by atoms with E-state index in [1.807, 2.05) is 53.7 Å². The molecule has 0 unspecified atom stereocenters. The summed E-state index contributed by atoms with van der Waals surface area (Å²) < 4.78 is 12.4. The molecule has 1 aliphatic rings. The number of nitrogens with zero attached hydrogens (tertiary/aromatic N) is 4. The summed E-state index contributed by atoms with van der Waals surface area (Å²) in [6.45, 7) is 12.7. The molecule has 12 heteroatoms. The van der Waals surface area contributed by atoms with Crippen molar-refractivity contribution in [2.24, 2.45) is 0 Å². The van der Waals surface area contributed by atoms with Crippen LogP contribution in [0.1, 0.15) is 78.5 Å². The Bertz CT molecular complexity index is 2310. The molecule has 53 heavy (non-hydrogen) atoms. The minimum absolute atomic E-state index is 0.127. The Hall–Kier alpha value is -4.30. The number of hydrogen-bond acceptors (Lipinski definition) is 7. The van der Waals surface area contributed by atoms with Crippen LogP contribution in [0.2, 0.25) is 0 Å². The molecule has 2 aromatic heterocycles. The average Bonchev–Trinajstić information content (AvgIpc) is 3.85. The van der Waals surface area contributed by atoms with Crippen molar-refractivity contribution >= 4 is 79.6 Å². The number of fused-ring (bicyclic) bond motifs is 3. The normalized spacial score (nSPS) is 15.1. The highest BCUT2D eigenvalue weighted by atomic mass is 127. The first kappa shape index (κ1) is 37.0. The van der Waals surface area contributed by atoms with Crippen molar-refractivity contribution in [3.05, 3.63) is 84.4 Å². The molecule has 1 fully saturated rings. The molecule has 1 atom stereocenters. The molecule has 10 nitrogen and oxygen atoms in total. The van der Waals surface area contributed by atoms with Crippen LogP contribution in [-0.4, -0.2) is 63.6 Å². The number of ether oxygens (including phenoxy) is 2. The summed E-state index contributed by atoms with van der Waals surface area (Å²) in [5.74, 6) is 2.13. The van der Waals surface area contributed by atoms with E-state index in [0.717, 1.165) is 86.0 Å². The van der Waals surface area contributed by atoms with Gasteiger partial charge < -0.3 is 19.4 Å². The smallest absolute Gasteiger partial charge is 0.421 e. The minimum Gasteiger partial charge on any atom is -0.444 e. The Morgan fingerprint density at radius 2 is 1.43 bits per heavy atom. The number of carbonyl (C=O) groups excluding carboxylic acids is 2. The second kappa shape index (κ2) is 14.8. The highest BCUT2D eigenvalue weighted by molar-refractivity contribution is 14.1. The first-order valence-corrected chi connectivity index (χ1v) is 20.1. The number of H-pyrrole nitrogens is 2. The molecule has 276 valence electrons. The highest BCUT2D eigenvalue weighted by Crippen LogP contribution is 2.35. The molecular formula is C41H45IN6O4S. The Kier molecular flexibility index (Phi) is 10.4. The topological polar surface area (TPSA) is 116 Å². The monoisotopic (exact) mass is 844 g/mol. The lowest BCUT2D eigenvalue weighted by Crippen LogP contribution is -2.36. The third kappa shape index (κ3) is 8.59. The second-order valence-corrected chi connectivity index (χ2v) is 18.6. The molecule has 0 bridgehead atoms. The fourth-order valence-electron chi connectivity index (χ4n) is 6.68. The molecule has 1 saturated heterocycles. The van der Waals surface area contributed by atoms with Gasteiger partial charge in [-0.25, -0.2) is 19.6 Å². The number of aromatic amines is 2. The van der Waals surface area contributed by atoms with E-state index in [1.54, 1.807) is 9.21 Å². The van der Waals surface area contributed by atoms with Crippen LogP contribution in [0.3, 0.4) is 0 Å². The van der Waals surface area contributed by atoms with Gasteiger partial charge in [0.25, 0.3) is 0 Å². The first-order chi connectivity index (χ1) is 25.2. The number of rotatable bonds is 9. The van der Waals surface area contributed by atoms with Crippen LogP contribution in [0.5, 0.6) is 0 Å². The molecule has 0 spiro atoms. The van der Waals surface area contributed by atoms with Gasteiger partial charge in [-0.1, -0.05) is 43.3 Å². The number of benzene rings is 4. The molecular weight excluding hydrogens is 799 g/mol. The van der Waals surface area contributed by atoms with Gasteiger partial charge in [-0.3, -0.25) is 9.21 Å². The van der Waals surface area contributed by atoms with Gasteiger partial charge in [-0.2, -0.15) is 0 Å². The van der Waals surface area contributed by atoms with Gasteiger partial charge >= 0.3 is 12.2 Å².